The molecular formula is C24H17N5O3. The molecule has 0 N–H and O–H groups in total. The van der Waals surface area contributed by atoms with Crippen molar-refractivity contribution in [2.75, 3.05) is 0 Å². The maximum Gasteiger partial charge on any atom is 0.337 e. The number of furan rings is 1. The molecule has 5 rings (SSSR count). The zero-order chi connectivity index (χ0) is 22.1. The van der Waals surface area contributed by atoms with Gasteiger partial charge < -0.3 is 8.98 Å². The highest BCUT2D eigenvalue weighted by Crippen LogP contribution is 2.16. The Morgan fingerprint density at radius 3 is 2.47 bits per heavy atom. The Morgan fingerprint density at radius 1 is 0.938 bits per heavy atom. The predicted octanol–water partition coefficient (Wildman–Crippen LogP) is 2.91. The third kappa shape index (κ3) is 3.22. The van der Waals surface area contributed by atoms with E-state index in [1.165, 1.54) is 17.2 Å². The van der Waals surface area contributed by atoms with Gasteiger partial charge in [0.05, 0.1) is 43.0 Å². The topological polar surface area (TPSA) is 98.8 Å². The molecule has 0 aliphatic carbocycles. The van der Waals surface area contributed by atoms with Gasteiger partial charge in [-0.3, -0.25) is 9.36 Å². The first-order valence-electron chi connectivity index (χ1n) is 9.94. The van der Waals surface area contributed by atoms with Crippen LogP contribution in [0, 0.1) is 11.3 Å². The third-order valence-electron chi connectivity index (χ3n) is 5.29. The molecular weight excluding hydrogens is 406 g/mol. The van der Waals surface area contributed by atoms with Crippen LogP contribution in [0.3, 0.4) is 0 Å². The monoisotopic (exact) mass is 423 g/mol. The fraction of sp³-hybridized carbons (Fsp3) is 0.0833. The van der Waals surface area contributed by atoms with Gasteiger partial charge in [0, 0.05) is 0 Å². The van der Waals surface area contributed by atoms with Crippen molar-refractivity contribution >= 4 is 11.2 Å². The molecule has 3 aromatic heterocycles. The van der Waals surface area contributed by atoms with E-state index < -0.39 is 11.2 Å². The van der Waals surface area contributed by atoms with E-state index in [0.29, 0.717) is 17.0 Å². The van der Waals surface area contributed by atoms with Crippen molar-refractivity contribution in [3.63, 3.8) is 0 Å². The molecule has 0 radical (unpaired) electrons. The normalized spacial score (nSPS) is 11.0. The Hall–Kier alpha value is -4.64. The highest BCUT2D eigenvalue weighted by Gasteiger charge is 2.20. The molecule has 0 spiro atoms. The maximum atomic E-state index is 13.5. The number of rotatable bonds is 5. The SMILES string of the molecule is N#Cc1ccccc1Cn1cnc2c1c(=O)n(Cc1ccco1)c(=O)n2-c1ccccc1. The molecule has 0 unspecified atom stereocenters. The standard InChI is InChI=1S/C24H17N5O3/c25-13-17-7-4-5-8-18(17)14-27-16-26-22-21(27)23(30)28(15-20-11-6-12-32-20)24(31)29(22)19-9-2-1-3-10-19/h1-12,16H,14-15H2. The Morgan fingerprint density at radius 2 is 1.72 bits per heavy atom. The number of hydrogen-bond acceptors (Lipinski definition) is 5. The minimum atomic E-state index is -0.507. The van der Waals surface area contributed by atoms with Gasteiger partial charge in [-0.05, 0) is 35.9 Å². The van der Waals surface area contributed by atoms with Gasteiger partial charge in [0.25, 0.3) is 5.56 Å². The van der Waals surface area contributed by atoms with Crippen LogP contribution in [-0.2, 0) is 13.1 Å². The summed E-state index contributed by atoms with van der Waals surface area (Å²) in [4.78, 5) is 31.3. The Bertz CT molecular complexity index is 1570. The second-order valence-corrected chi connectivity index (χ2v) is 7.24. The van der Waals surface area contributed by atoms with E-state index in [9.17, 15) is 14.9 Å². The lowest BCUT2D eigenvalue weighted by Gasteiger charge is -2.12. The van der Waals surface area contributed by atoms with Crippen LogP contribution in [0.1, 0.15) is 16.9 Å². The van der Waals surface area contributed by atoms with Gasteiger partial charge >= 0.3 is 5.69 Å². The van der Waals surface area contributed by atoms with E-state index in [0.717, 1.165) is 10.1 Å². The lowest BCUT2D eigenvalue weighted by molar-refractivity contribution is 0.482. The minimum Gasteiger partial charge on any atom is -0.467 e. The van der Waals surface area contributed by atoms with Gasteiger partial charge in [0.1, 0.15) is 5.76 Å². The van der Waals surface area contributed by atoms with Crippen molar-refractivity contribution in [2.45, 2.75) is 13.1 Å². The molecule has 0 amide bonds. The number of nitrogens with zero attached hydrogens (tertiary/aromatic N) is 5. The van der Waals surface area contributed by atoms with Gasteiger partial charge in [0.2, 0.25) is 0 Å². The summed E-state index contributed by atoms with van der Waals surface area (Å²) in [7, 11) is 0. The van der Waals surface area contributed by atoms with Crippen LogP contribution in [0.5, 0.6) is 0 Å². The van der Waals surface area contributed by atoms with Crippen LogP contribution in [0.25, 0.3) is 16.9 Å². The fourth-order valence-electron chi connectivity index (χ4n) is 3.76. The predicted molar refractivity (Wildman–Crippen MR) is 118 cm³/mol. The van der Waals surface area contributed by atoms with Crippen molar-refractivity contribution in [3.05, 3.63) is 117 Å². The Balaban J connectivity index is 1.77. The number of imidazole rings is 1. The highest BCUT2D eigenvalue weighted by atomic mass is 16.3. The van der Waals surface area contributed by atoms with Gasteiger partial charge in [-0.1, -0.05) is 36.4 Å². The molecule has 32 heavy (non-hydrogen) atoms. The van der Waals surface area contributed by atoms with Crippen molar-refractivity contribution in [3.8, 4) is 11.8 Å². The van der Waals surface area contributed by atoms with Crippen molar-refractivity contribution in [2.24, 2.45) is 0 Å². The number of aromatic nitrogens is 4. The third-order valence-corrected chi connectivity index (χ3v) is 5.29. The van der Waals surface area contributed by atoms with Crippen LogP contribution < -0.4 is 11.2 Å². The number of para-hydroxylation sites is 1. The summed E-state index contributed by atoms with van der Waals surface area (Å²) in [5, 5.41) is 9.44. The number of benzene rings is 2. The Labute approximate surface area is 181 Å². The summed E-state index contributed by atoms with van der Waals surface area (Å²) in [6.07, 6.45) is 3.02. The van der Waals surface area contributed by atoms with Crippen LogP contribution in [0.2, 0.25) is 0 Å². The average Bonchev–Trinajstić information content (AvgIpc) is 3.48. The van der Waals surface area contributed by atoms with Crippen molar-refractivity contribution < 1.29 is 4.42 Å². The molecule has 0 atom stereocenters. The fourth-order valence-corrected chi connectivity index (χ4v) is 3.76. The molecule has 0 bridgehead atoms. The summed E-state index contributed by atoms with van der Waals surface area (Å²) in [6, 6.07) is 21.8. The molecule has 8 nitrogen and oxygen atoms in total. The van der Waals surface area contributed by atoms with Crippen molar-refractivity contribution in [1.82, 2.24) is 18.7 Å². The molecule has 0 saturated carbocycles. The number of hydrogen-bond donors (Lipinski definition) is 0. The first-order chi connectivity index (χ1) is 15.7. The number of nitriles is 1. The van der Waals surface area contributed by atoms with Crippen LogP contribution in [-0.4, -0.2) is 18.7 Å². The lowest BCUT2D eigenvalue weighted by atomic mass is 10.1. The summed E-state index contributed by atoms with van der Waals surface area (Å²) in [5.41, 5.74) is 1.42. The van der Waals surface area contributed by atoms with Crippen LogP contribution >= 0.6 is 0 Å². The summed E-state index contributed by atoms with van der Waals surface area (Å²) >= 11 is 0. The van der Waals surface area contributed by atoms with E-state index in [4.69, 9.17) is 4.42 Å². The zero-order valence-electron chi connectivity index (χ0n) is 16.9. The molecule has 3 heterocycles. The largest absolute Gasteiger partial charge is 0.467 e. The molecule has 0 aliphatic heterocycles. The van der Waals surface area contributed by atoms with E-state index in [2.05, 4.69) is 11.1 Å². The second-order valence-electron chi connectivity index (χ2n) is 7.24. The maximum absolute atomic E-state index is 13.5. The molecule has 156 valence electrons. The van der Waals surface area contributed by atoms with Crippen LogP contribution in [0.15, 0.2) is 93.3 Å². The smallest absolute Gasteiger partial charge is 0.337 e. The van der Waals surface area contributed by atoms with E-state index >= 15 is 0 Å². The van der Waals surface area contributed by atoms with Gasteiger partial charge in [-0.15, -0.1) is 0 Å². The molecule has 0 aliphatic rings. The minimum absolute atomic E-state index is 0.00654. The molecule has 2 aromatic carbocycles. The molecule has 0 saturated heterocycles. The Kier molecular flexibility index (Phi) is 4.76. The molecule has 5 aromatic rings. The molecule has 0 fully saturated rings. The van der Waals surface area contributed by atoms with E-state index in [-0.39, 0.29) is 24.3 Å². The first kappa shape index (κ1) is 19.3. The van der Waals surface area contributed by atoms with Gasteiger partial charge in [-0.2, -0.15) is 5.26 Å². The lowest BCUT2D eigenvalue weighted by Crippen LogP contribution is -2.40. The van der Waals surface area contributed by atoms with E-state index in [1.54, 1.807) is 41.0 Å². The molecule has 8 heteroatoms. The highest BCUT2D eigenvalue weighted by molar-refractivity contribution is 5.72. The van der Waals surface area contributed by atoms with Gasteiger partial charge in [0.15, 0.2) is 11.2 Å². The summed E-state index contributed by atoms with van der Waals surface area (Å²) in [5.74, 6) is 0.490. The summed E-state index contributed by atoms with van der Waals surface area (Å²) < 4.78 is 9.61. The quantitative estimate of drug-likeness (QED) is 0.433. The van der Waals surface area contributed by atoms with E-state index in [1.807, 2.05) is 30.3 Å². The summed E-state index contributed by atoms with van der Waals surface area (Å²) in [6.45, 7) is 0.261. The van der Waals surface area contributed by atoms with Crippen molar-refractivity contribution in [1.29, 1.82) is 5.26 Å². The zero-order valence-corrected chi connectivity index (χ0v) is 16.9. The first-order valence-corrected chi connectivity index (χ1v) is 9.94. The average molecular weight is 423 g/mol. The van der Waals surface area contributed by atoms with Gasteiger partial charge in [-0.25, -0.2) is 14.3 Å². The van der Waals surface area contributed by atoms with Crippen LogP contribution in [0.4, 0.5) is 0 Å². The second kappa shape index (κ2) is 7.89. The number of fused-ring (bicyclic) bond motifs is 1.